The van der Waals surface area contributed by atoms with E-state index in [1.165, 1.54) is 0 Å². The average Bonchev–Trinajstić information content (AvgIpc) is 2.46. The van der Waals surface area contributed by atoms with Gasteiger partial charge in [0.15, 0.2) is 6.61 Å². The Bertz CT molecular complexity index is 691. The van der Waals surface area contributed by atoms with Crippen LogP contribution in [0.25, 0.3) is 0 Å². The topological polar surface area (TPSA) is 47.6 Å². The molecule has 2 aromatic carbocycles. The molecule has 1 amide bonds. The number of hydrogen-bond acceptors (Lipinski definition) is 3. The Morgan fingerprint density at radius 2 is 1.95 bits per heavy atom. The van der Waals surface area contributed by atoms with Crippen molar-refractivity contribution in [3.05, 3.63) is 51.5 Å². The number of anilines is 1. The van der Waals surface area contributed by atoms with Crippen LogP contribution in [0.5, 0.6) is 11.5 Å². The van der Waals surface area contributed by atoms with Gasteiger partial charge < -0.3 is 14.8 Å². The first-order valence-electron chi connectivity index (χ1n) is 6.52. The van der Waals surface area contributed by atoms with Gasteiger partial charge in [-0.25, -0.2) is 0 Å². The third kappa shape index (κ3) is 4.39. The molecule has 0 unspecified atom stereocenters. The van der Waals surface area contributed by atoms with Crippen molar-refractivity contribution in [3.8, 4) is 11.5 Å². The predicted molar refractivity (Wildman–Crippen MR) is 91.0 cm³/mol. The van der Waals surface area contributed by atoms with Crippen LogP contribution in [0, 0.1) is 6.92 Å². The second-order valence-corrected chi connectivity index (χ2v) is 5.89. The molecule has 0 saturated carbocycles. The number of amides is 1. The lowest BCUT2D eigenvalue weighted by molar-refractivity contribution is -0.118. The zero-order chi connectivity index (χ0) is 16.1. The van der Waals surface area contributed by atoms with E-state index in [4.69, 9.17) is 21.1 Å². The molecule has 0 radical (unpaired) electrons. The predicted octanol–water partition coefficient (Wildman–Crippen LogP) is 4.44. The summed E-state index contributed by atoms with van der Waals surface area (Å²) in [4.78, 5) is 11.9. The van der Waals surface area contributed by atoms with Crippen molar-refractivity contribution in [3.63, 3.8) is 0 Å². The molecule has 0 aliphatic carbocycles. The Kier molecular flexibility index (Phi) is 5.69. The van der Waals surface area contributed by atoms with E-state index in [0.29, 0.717) is 22.2 Å². The third-order valence-electron chi connectivity index (χ3n) is 2.93. The first-order chi connectivity index (χ1) is 10.5. The first kappa shape index (κ1) is 16.6. The minimum absolute atomic E-state index is 0.0773. The van der Waals surface area contributed by atoms with Crippen LogP contribution in [0.4, 0.5) is 5.69 Å². The summed E-state index contributed by atoms with van der Waals surface area (Å²) < 4.78 is 11.4. The molecular formula is C16H15BrClNO3. The van der Waals surface area contributed by atoms with Crippen molar-refractivity contribution in [2.24, 2.45) is 0 Å². The van der Waals surface area contributed by atoms with E-state index in [9.17, 15) is 4.79 Å². The molecule has 2 rings (SSSR count). The van der Waals surface area contributed by atoms with Crippen LogP contribution in [0.3, 0.4) is 0 Å². The molecule has 0 atom stereocenters. The van der Waals surface area contributed by atoms with E-state index in [-0.39, 0.29) is 12.5 Å². The quantitative estimate of drug-likeness (QED) is 0.829. The molecule has 0 saturated heterocycles. The highest BCUT2D eigenvalue weighted by molar-refractivity contribution is 9.10. The van der Waals surface area contributed by atoms with Crippen molar-refractivity contribution in [2.45, 2.75) is 6.92 Å². The molecule has 22 heavy (non-hydrogen) atoms. The van der Waals surface area contributed by atoms with Crippen LogP contribution >= 0.6 is 27.5 Å². The highest BCUT2D eigenvalue weighted by atomic mass is 79.9. The number of methoxy groups -OCH3 is 1. The number of ether oxygens (including phenoxy) is 2. The van der Waals surface area contributed by atoms with Crippen LogP contribution in [0.2, 0.25) is 5.02 Å². The number of nitrogens with one attached hydrogen (secondary N) is 1. The number of carbonyl (C=O) groups excluding carboxylic acids is 1. The summed E-state index contributed by atoms with van der Waals surface area (Å²) in [5.41, 5.74) is 1.54. The monoisotopic (exact) mass is 383 g/mol. The van der Waals surface area contributed by atoms with Crippen LogP contribution in [-0.2, 0) is 4.79 Å². The zero-order valence-electron chi connectivity index (χ0n) is 12.2. The molecule has 1 N–H and O–H groups in total. The van der Waals surface area contributed by atoms with Gasteiger partial charge in [0.1, 0.15) is 11.5 Å². The molecule has 0 aromatic heterocycles. The summed E-state index contributed by atoms with van der Waals surface area (Å²) in [5, 5.41) is 3.40. The number of rotatable bonds is 5. The van der Waals surface area contributed by atoms with Crippen LogP contribution < -0.4 is 14.8 Å². The largest absolute Gasteiger partial charge is 0.496 e. The summed E-state index contributed by atoms with van der Waals surface area (Å²) in [6.07, 6.45) is 0. The van der Waals surface area contributed by atoms with Crippen molar-refractivity contribution in [1.29, 1.82) is 0 Å². The molecule has 6 heteroatoms. The maximum Gasteiger partial charge on any atom is 0.262 e. The fourth-order valence-corrected chi connectivity index (χ4v) is 2.63. The van der Waals surface area contributed by atoms with E-state index in [1.807, 2.05) is 6.92 Å². The summed E-state index contributed by atoms with van der Waals surface area (Å²) in [5.74, 6) is 1.09. The van der Waals surface area contributed by atoms with Crippen molar-refractivity contribution >= 4 is 39.1 Å². The molecule has 4 nitrogen and oxygen atoms in total. The molecular weight excluding hydrogens is 370 g/mol. The number of aryl methyl sites for hydroxylation is 1. The Balaban J connectivity index is 1.94. The number of hydrogen-bond donors (Lipinski definition) is 1. The molecule has 2 aromatic rings. The highest BCUT2D eigenvalue weighted by Crippen LogP contribution is 2.27. The van der Waals surface area contributed by atoms with Gasteiger partial charge in [0.05, 0.1) is 11.6 Å². The Hall–Kier alpha value is -1.72. The SMILES string of the molecule is COc1ccc(NC(=O)COc2ccc(Cl)cc2C)cc1Br. The summed E-state index contributed by atoms with van der Waals surface area (Å²) in [6.45, 7) is 1.80. The molecule has 0 heterocycles. The molecule has 0 bridgehead atoms. The second-order valence-electron chi connectivity index (χ2n) is 4.60. The molecule has 116 valence electrons. The third-order valence-corrected chi connectivity index (χ3v) is 3.79. The van der Waals surface area contributed by atoms with Gasteiger partial charge in [-0.15, -0.1) is 0 Å². The van der Waals surface area contributed by atoms with E-state index in [0.717, 1.165) is 10.0 Å². The average molecular weight is 385 g/mol. The van der Waals surface area contributed by atoms with E-state index in [2.05, 4.69) is 21.2 Å². The Labute approximate surface area is 142 Å². The zero-order valence-corrected chi connectivity index (χ0v) is 14.5. The Morgan fingerprint density at radius 1 is 1.23 bits per heavy atom. The van der Waals surface area contributed by atoms with Crippen LogP contribution in [0.1, 0.15) is 5.56 Å². The van der Waals surface area contributed by atoms with Gasteiger partial charge in [0, 0.05) is 10.7 Å². The van der Waals surface area contributed by atoms with Crippen LogP contribution in [0.15, 0.2) is 40.9 Å². The van der Waals surface area contributed by atoms with Crippen molar-refractivity contribution in [2.75, 3.05) is 19.0 Å². The number of benzene rings is 2. The van der Waals surface area contributed by atoms with Crippen molar-refractivity contribution < 1.29 is 14.3 Å². The second kappa shape index (κ2) is 7.51. The van der Waals surface area contributed by atoms with Gasteiger partial charge in [-0.1, -0.05) is 11.6 Å². The van der Waals surface area contributed by atoms with Gasteiger partial charge in [-0.05, 0) is 64.8 Å². The van der Waals surface area contributed by atoms with Gasteiger partial charge in [-0.2, -0.15) is 0 Å². The standard InChI is InChI=1S/C16H15BrClNO3/c1-10-7-11(18)3-5-14(10)22-9-16(20)19-12-4-6-15(21-2)13(17)8-12/h3-8H,9H2,1-2H3,(H,19,20). The minimum Gasteiger partial charge on any atom is -0.496 e. The maximum atomic E-state index is 11.9. The smallest absolute Gasteiger partial charge is 0.262 e. The van der Waals surface area contributed by atoms with Gasteiger partial charge in [0.2, 0.25) is 0 Å². The van der Waals surface area contributed by atoms with Gasteiger partial charge >= 0.3 is 0 Å². The van der Waals surface area contributed by atoms with E-state index < -0.39 is 0 Å². The normalized spacial score (nSPS) is 10.2. The number of carbonyl (C=O) groups is 1. The lowest BCUT2D eigenvalue weighted by atomic mass is 10.2. The first-order valence-corrected chi connectivity index (χ1v) is 7.69. The Morgan fingerprint density at radius 3 is 2.59 bits per heavy atom. The highest BCUT2D eigenvalue weighted by Gasteiger charge is 2.07. The molecule has 0 fully saturated rings. The number of halogens is 2. The summed E-state index contributed by atoms with van der Waals surface area (Å²) in [7, 11) is 1.58. The summed E-state index contributed by atoms with van der Waals surface area (Å²) in [6, 6.07) is 10.6. The summed E-state index contributed by atoms with van der Waals surface area (Å²) >= 11 is 9.25. The van der Waals surface area contributed by atoms with Gasteiger partial charge in [-0.3, -0.25) is 4.79 Å². The molecule has 0 spiro atoms. The van der Waals surface area contributed by atoms with Crippen molar-refractivity contribution in [1.82, 2.24) is 0 Å². The fraction of sp³-hybridized carbons (Fsp3) is 0.188. The molecule has 0 aliphatic heterocycles. The van der Waals surface area contributed by atoms with E-state index in [1.54, 1.807) is 43.5 Å². The lowest BCUT2D eigenvalue weighted by Crippen LogP contribution is -2.20. The fourth-order valence-electron chi connectivity index (χ4n) is 1.86. The molecule has 0 aliphatic rings. The minimum atomic E-state index is -0.244. The van der Waals surface area contributed by atoms with Crippen LogP contribution in [-0.4, -0.2) is 19.6 Å². The van der Waals surface area contributed by atoms with Gasteiger partial charge in [0.25, 0.3) is 5.91 Å². The maximum absolute atomic E-state index is 11.9. The lowest BCUT2D eigenvalue weighted by Gasteiger charge is -2.11. The van der Waals surface area contributed by atoms with E-state index >= 15 is 0 Å².